The molecule has 80 valence electrons. The van der Waals surface area contributed by atoms with E-state index in [0.717, 1.165) is 16.7 Å². The summed E-state index contributed by atoms with van der Waals surface area (Å²) in [7, 11) is 0. The van der Waals surface area contributed by atoms with Crippen molar-refractivity contribution >= 4 is 5.97 Å². The maximum absolute atomic E-state index is 11.3. The first-order valence-electron chi connectivity index (χ1n) is 4.52. The van der Waals surface area contributed by atoms with Crippen LogP contribution in [0.3, 0.4) is 0 Å². The molecule has 0 amide bonds. The number of hydrogen-bond acceptors (Lipinski definition) is 3. The molecule has 1 heterocycles. The van der Waals surface area contributed by atoms with Crippen molar-refractivity contribution in [3.05, 3.63) is 40.3 Å². The number of allylic oxidation sites excluding steroid dienone is 1. The van der Waals surface area contributed by atoms with Gasteiger partial charge in [-0.05, 0) is 12.5 Å². The van der Waals surface area contributed by atoms with E-state index in [1.807, 2.05) is 6.92 Å². The van der Waals surface area contributed by atoms with Crippen LogP contribution in [-0.4, -0.2) is 20.9 Å². The van der Waals surface area contributed by atoms with Crippen molar-refractivity contribution in [2.24, 2.45) is 0 Å². The van der Waals surface area contributed by atoms with Crippen LogP contribution in [0.2, 0.25) is 0 Å². The molecule has 0 aromatic carbocycles. The van der Waals surface area contributed by atoms with Crippen molar-refractivity contribution in [1.82, 2.24) is 9.78 Å². The zero-order valence-corrected chi connectivity index (χ0v) is 8.43. The standard InChI is InChI=1S/C10H12N2O3/c1-3-7(2)6-12-9(13)5-4-8(11-12)10(14)15/h4-5H,2-3,6H2,1H3,(H,14,15). The minimum atomic E-state index is -1.15. The molecule has 0 saturated carbocycles. The van der Waals surface area contributed by atoms with Crippen LogP contribution in [0, 0.1) is 0 Å². The number of rotatable bonds is 4. The van der Waals surface area contributed by atoms with Crippen molar-refractivity contribution in [1.29, 1.82) is 0 Å². The van der Waals surface area contributed by atoms with E-state index in [4.69, 9.17) is 5.11 Å². The van der Waals surface area contributed by atoms with Gasteiger partial charge in [0.25, 0.3) is 5.56 Å². The Morgan fingerprint density at radius 3 is 2.80 bits per heavy atom. The second-order valence-electron chi connectivity index (χ2n) is 3.12. The molecule has 0 aliphatic carbocycles. The normalized spacial score (nSPS) is 9.93. The van der Waals surface area contributed by atoms with Crippen LogP contribution in [0.4, 0.5) is 0 Å². The van der Waals surface area contributed by atoms with E-state index in [1.165, 1.54) is 12.1 Å². The molecule has 1 aromatic heterocycles. The number of nitrogens with zero attached hydrogens (tertiary/aromatic N) is 2. The Morgan fingerprint density at radius 2 is 2.27 bits per heavy atom. The van der Waals surface area contributed by atoms with Crippen molar-refractivity contribution in [2.75, 3.05) is 0 Å². The highest BCUT2D eigenvalue weighted by Crippen LogP contribution is 1.99. The lowest BCUT2D eigenvalue weighted by molar-refractivity contribution is 0.0687. The molecular formula is C10H12N2O3. The van der Waals surface area contributed by atoms with Gasteiger partial charge in [0.15, 0.2) is 5.69 Å². The smallest absolute Gasteiger partial charge is 0.356 e. The molecule has 0 radical (unpaired) electrons. The van der Waals surface area contributed by atoms with Gasteiger partial charge in [0.2, 0.25) is 0 Å². The van der Waals surface area contributed by atoms with Gasteiger partial charge in [-0.3, -0.25) is 4.79 Å². The summed E-state index contributed by atoms with van der Waals surface area (Å²) in [6.07, 6.45) is 0.728. The van der Waals surface area contributed by atoms with Crippen molar-refractivity contribution in [2.45, 2.75) is 19.9 Å². The molecule has 0 bridgehead atoms. The highest BCUT2D eigenvalue weighted by atomic mass is 16.4. The molecule has 0 fully saturated rings. The second kappa shape index (κ2) is 4.54. The third kappa shape index (κ3) is 2.77. The van der Waals surface area contributed by atoms with Gasteiger partial charge in [-0.15, -0.1) is 0 Å². The summed E-state index contributed by atoms with van der Waals surface area (Å²) < 4.78 is 1.11. The third-order valence-corrected chi connectivity index (χ3v) is 1.96. The van der Waals surface area contributed by atoms with E-state index in [1.54, 1.807) is 0 Å². The molecule has 5 nitrogen and oxygen atoms in total. The molecule has 5 heteroatoms. The van der Waals surface area contributed by atoms with Crippen molar-refractivity contribution < 1.29 is 9.90 Å². The van der Waals surface area contributed by atoms with Gasteiger partial charge in [-0.25, -0.2) is 9.48 Å². The number of carbonyl (C=O) groups is 1. The Balaban J connectivity index is 3.06. The Hall–Kier alpha value is -1.91. The summed E-state index contributed by atoms with van der Waals surface area (Å²) >= 11 is 0. The van der Waals surface area contributed by atoms with E-state index in [-0.39, 0.29) is 17.8 Å². The van der Waals surface area contributed by atoms with Gasteiger partial charge < -0.3 is 5.11 Å². The number of hydrogen-bond donors (Lipinski definition) is 1. The fraction of sp³-hybridized carbons (Fsp3) is 0.300. The lowest BCUT2D eigenvalue weighted by atomic mass is 10.2. The van der Waals surface area contributed by atoms with Crippen LogP contribution in [-0.2, 0) is 6.54 Å². The Kier molecular flexibility index (Phi) is 3.38. The summed E-state index contributed by atoms with van der Waals surface area (Å²) in [4.78, 5) is 21.9. The quantitative estimate of drug-likeness (QED) is 0.746. The molecule has 0 spiro atoms. The lowest BCUT2D eigenvalue weighted by Gasteiger charge is -2.05. The molecule has 0 aliphatic heterocycles. The van der Waals surface area contributed by atoms with Crippen LogP contribution >= 0.6 is 0 Å². The highest BCUT2D eigenvalue weighted by Gasteiger charge is 2.07. The number of carboxylic acids is 1. The van der Waals surface area contributed by atoms with Crippen molar-refractivity contribution in [3.8, 4) is 0 Å². The van der Waals surface area contributed by atoms with E-state index in [2.05, 4.69) is 11.7 Å². The predicted octanol–water partition coefficient (Wildman–Crippen LogP) is 0.908. The van der Waals surface area contributed by atoms with Gasteiger partial charge in [-0.1, -0.05) is 19.1 Å². The lowest BCUT2D eigenvalue weighted by Crippen LogP contribution is -2.24. The van der Waals surface area contributed by atoms with Gasteiger partial charge in [0.05, 0.1) is 6.54 Å². The van der Waals surface area contributed by atoms with E-state index in [0.29, 0.717) is 0 Å². The molecule has 0 unspecified atom stereocenters. The SMILES string of the molecule is C=C(CC)Cn1nc(C(=O)O)ccc1=O. The largest absolute Gasteiger partial charge is 0.476 e. The maximum Gasteiger partial charge on any atom is 0.356 e. The highest BCUT2D eigenvalue weighted by molar-refractivity contribution is 5.84. The maximum atomic E-state index is 11.3. The zero-order chi connectivity index (χ0) is 11.4. The Morgan fingerprint density at radius 1 is 1.60 bits per heavy atom. The van der Waals surface area contributed by atoms with Gasteiger partial charge in [0, 0.05) is 6.07 Å². The fourth-order valence-corrected chi connectivity index (χ4v) is 1.000. The molecule has 1 N–H and O–H groups in total. The molecular weight excluding hydrogens is 196 g/mol. The zero-order valence-electron chi connectivity index (χ0n) is 8.43. The molecule has 15 heavy (non-hydrogen) atoms. The first-order chi connectivity index (χ1) is 7.04. The first kappa shape index (κ1) is 11.2. The summed E-state index contributed by atoms with van der Waals surface area (Å²) in [6, 6.07) is 2.38. The van der Waals surface area contributed by atoms with Crippen LogP contribution < -0.4 is 5.56 Å². The van der Waals surface area contributed by atoms with Gasteiger partial charge in [0.1, 0.15) is 0 Å². The molecule has 0 aliphatic rings. The van der Waals surface area contributed by atoms with Crippen LogP contribution in [0.1, 0.15) is 23.8 Å². The fourth-order valence-electron chi connectivity index (χ4n) is 1.000. The number of aromatic carboxylic acids is 1. The minimum Gasteiger partial charge on any atom is -0.476 e. The second-order valence-corrected chi connectivity index (χ2v) is 3.12. The van der Waals surface area contributed by atoms with E-state index >= 15 is 0 Å². The number of aromatic nitrogens is 2. The summed E-state index contributed by atoms with van der Waals surface area (Å²) in [6.45, 7) is 5.91. The predicted molar refractivity (Wildman–Crippen MR) is 54.9 cm³/mol. The average molecular weight is 208 g/mol. The first-order valence-corrected chi connectivity index (χ1v) is 4.52. The Labute approximate surface area is 86.7 Å². The van der Waals surface area contributed by atoms with Crippen LogP contribution in [0.15, 0.2) is 29.1 Å². The van der Waals surface area contributed by atoms with Crippen molar-refractivity contribution in [3.63, 3.8) is 0 Å². The summed E-state index contributed by atoms with van der Waals surface area (Å²) in [5.41, 5.74) is 0.361. The molecule has 0 saturated heterocycles. The minimum absolute atomic E-state index is 0.140. The van der Waals surface area contributed by atoms with Crippen LogP contribution in [0.5, 0.6) is 0 Å². The monoisotopic (exact) mass is 208 g/mol. The molecule has 0 atom stereocenters. The van der Waals surface area contributed by atoms with E-state index < -0.39 is 5.97 Å². The summed E-state index contributed by atoms with van der Waals surface area (Å²) in [5, 5.41) is 12.4. The summed E-state index contributed by atoms with van der Waals surface area (Å²) in [5.74, 6) is -1.15. The average Bonchev–Trinajstić information content (AvgIpc) is 2.20. The third-order valence-electron chi connectivity index (χ3n) is 1.96. The Bertz CT molecular complexity index is 448. The topological polar surface area (TPSA) is 72.2 Å². The van der Waals surface area contributed by atoms with Crippen LogP contribution in [0.25, 0.3) is 0 Å². The molecule has 1 aromatic rings. The van der Waals surface area contributed by atoms with Gasteiger partial charge in [-0.2, -0.15) is 5.10 Å². The number of carboxylic acid groups (broad SMARTS) is 1. The molecule has 1 rings (SSSR count). The van der Waals surface area contributed by atoms with E-state index in [9.17, 15) is 9.59 Å². The van der Waals surface area contributed by atoms with Gasteiger partial charge >= 0.3 is 5.97 Å².